The molecule has 136 valence electrons. The molecule has 0 radical (unpaired) electrons. The number of halogens is 1. The second-order valence-electron chi connectivity index (χ2n) is 6.02. The summed E-state index contributed by atoms with van der Waals surface area (Å²) in [5.74, 6) is -0.0837. The molecule has 2 N–H and O–H groups in total. The number of hydrazine groups is 1. The fraction of sp³-hybridized carbons (Fsp3) is 0.263. The highest BCUT2D eigenvalue weighted by molar-refractivity contribution is 6.30. The second kappa shape index (κ2) is 7.66. The van der Waals surface area contributed by atoms with Gasteiger partial charge in [0, 0.05) is 10.7 Å². The van der Waals surface area contributed by atoms with Crippen molar-refractivity contribution in [3.05, 3.63) is 58.6 Å². The van der Waals surface area contributed by atoms with Gasteiger partial charge in [0.25, 0.3) is 11.8 Å². The minimum absolute atomic E-state index is 0.204. The summed E-state index contributed by atoms with van der Waals surface area (Å²) in [7, 11) is 0. The zero-order chi connectivity index (χ0) is 18.7. The van der Waals surface area contributed by atoms with E-state index < -0.39 is 5.91 Å². The highest BCUT2D eigenvalue weighted by Crippen LogP contribution is 2.25. The number of amides is 2. The molecule has 0 spiro atoms. The first-order chi connectivity index (χ1) is 12.5. The van der Waals surface area contributed by atoms with Crippen LogP contribution in [0.15, 0.2) is 42.5 Å². The average Bonchev–Trinajstić information content (AvgIpc) is 2.63. The van der Waals surface area contributed by atoms with Crippen LogP contribution in [0.3, 0.4) is 0 Å². The molecule has 26 heavy (non-hydrogen) atoms. The second-order valence-corrected chi connectivity index (χ2v) is 6.46. The van der Waals surface area contributed by atoms with E-state index in [1.807, 2.05) is 26.0 Å². The highest BCUT2D eigenvalue weighted by atomic mass is 35.5. The van der Waals surface area contributed by atoms with Gasteiger partial charge >= 0.3 is 0 Å². The smallest absolute Gasteiger partial charge is 0.276 e. The van der Waals surface area contributed by atoms with Gasteiger partial charge in [-0.2, -0.15) is 0 Å². The van der Waals surface area contributed by atoms with E-state index in [0.29, 0.717) is 22.8 Å². The molecule has 0 aliphatic carbocycles. The summed E-state index contributed by atoms with van der Waals surface area (Å²) in [5.41, 5.74) is 4.76. The number of carbonyl (C=O) groups is 2. The van der Waals surface area contributed by atoms with Crippen molar-refractivity contribution in [3.8, 4) is 5.75 Å². The minimum atomic E-state index is -0.410. The lowest BCUT2D eigenvalue weighted by atomic mass is 10.1. The van der Waals surface area contributed by atoms with Crippen LogP contribution in [-0.4, -0.2) is 29.6 Å². The number of nitrogens with one attached hydrogen (secondary N) is 2. The Morgan fingerprint density at radius 1 is 1.31 bits per heavy atom. The van der Waals surface area contributed by atoms with Crippen molar-refractivity contribution in [2.45, 2.75) is 26.4 Å². The van der Waals surface area contributed by atoms with Crippen LogP contribution in [0.2, 0.25) is 5.02 Å². The van der Waals surface area contributed by atoms with Gasteiger partial charge in [0.05, 0.1) is 5.56 Å². The molecule has 0 bridgehead atoms. The number of hydrogen-bond acceptors (Lipinski definition) is 4. The highest BCUT2D eigenvalue weighted by Gasteiger charge is 2.32. The van der Waals surface area contributed by atoms with Crippen LogP contribution < -0.4 is 15.5 Å². The monoisotopic (exact) mass is 373 g/mol. The Kier molecular flexibility index (Phi) is 5.32. The molecule has 1 heterocycles. The number of ether oxygens (including phenoxy) is 1. The number of aryl methyl sites for hydroxylation is 1. The van der Waals surface area contributed by atoms with E-state index in [2.05, 4.69) is 10.7 Å². The van der Waals surface area contributed by atoms with Crippen molar-refractivity contribution in [1.82, 2.24) is 10.4 Å². The summed E-state index contributed by atoms with van der Waals surface area (Å²) in [4.78, 5) is 25.0. The third kappa shape index (κ3) is 3.75. The van der Waals surface area contributed by atoms with Crippen molar-refractivity contribution >= 4 is 29.1 Å². The quantitative estimate of drug-likeness (QED) is 0.843. The first-order valence-electron chi connectivity index (χ1n) is 8.37. The molecular formula is C19H20ClN3O3. The van der Waals surface area contributed by atoms with Gasteiger partial charge < -0.3 is 10.1 Å². The molecule has 2 aromatic carbocycles. The van der Waals surface area contributed by atoms with E-state index >= 15 is 0 Å². The van der Waals surface area contributed by atoms with E-state index in [-0.39, 0.29) is 18.7 Å². The number of rotatable bonds is 5. The lowest BCUT2D eigenvalue weighted by Gasteiger charge is -2.37. The molecule has 3 rings (SSSR count). The Balaban J connectivity index is 1.67. The Morgan fingerprint density at radius 3 is 2.81 bits per heavy atom. The van der Waals surface area contributed by atoms with E-state index in [0.717, 1.165) is 11.3 Å². The molecule has 7 heteroatoms. The Morgan fingerprint density at radius 2 is 2.08 bits per heavy atom. The molecule has 0 saturated carbocycles. The number of anilines is 1. The van der Waals surface area contributed by atoms with Gasteiger partial charge in [-0.15, -0.1) is 0 Å². The Bertz CT molecular complexity index is 841. The zero-order valence-electron chi connectivity index (χ0n) is 14.6. The molecule has 0 saturated heterocycles. The number of nitrogens with zero attached hydrogens (tertiary/aromatic N) is 1. The standard InChI is InChI=1S/C19H20ClN3O3/c1-3-17-21-15-7-5-4-6-14(15)19(25)23(17)22-18(24)11-26-16-9-8-13(20)10-12(16)2/h4-10,17,21H,3,11H2,1-2H3,(H,22,24). The van der Waals surface area contributed by atoms with Crippen molar-refractivity contribution in [3.63, 3.8) is 0 Å². The van der Waals surface area contributed by atoms with Gasteiger partial charge in [0.15, 0.2) is 6.61 Å². The maximum absolute atomic E-state index is 12.7. The topological polar surface area (TPSA) is 70.7 Å². The third-order valence-electron chi connectivity index (χ3n) is 4.14. The normalized spacial score (nSPS) is 15.9. The van der Waals surface area contributed by atoms with Gasteiger partial charge in [-0.25, -0.2) is 5.01 Å². The van der Waals surface area contributed by atoms with E-state index in [4.69, 9.17) is 16.3 Å². The van der Waals surface area contributed by atoms with Crippen LogP contribution in [0.4, 0.5) is 5.69 Å². The predicted molar refractivity (Wildman–Crippen MR) is 100 cm³/mol. The SMILES string of the molecule is CCC1Nc2ccccc2C(=O)N1NC(=O)COc1ccc(Cl)cc1C. The number of carbonyl (C=O) groups excluding carboxylic acids is 2. The summed E-state index contributed by atoms with van der Waals surface area (Å²) < 4.78 is 5.54. The van der Waals surface area contributed by atoms with Crippen LogP contribution in [0.25, 0.3) is 0 Å². The molecule has 1 unspecified atom stereocenters. The van der Waals surface area contributed by atoms with Crippen molar-refractivity contribution in [2.24, 2.45) is 0 Å². The maximum Gasteiger partial charge on any atom is 0.276 e. The Hall–Kier alpha value is -2.73. The molecular weight excluding hydrogens is 354 g/mol. The molecule has 0 aromatic heterocycles. The first-order valence-corrected chi connectivity index (χ1v) is 8.75. The lowest BCUT2D eigenvalue weighted by Crippen LogP contribution is -2.57. The molecule has 2 aromatic rings. The van der Waals surface area contributed by atoms with Crippen molar-refractivity contribution < 1.29 is 14.3 Å². The average molecular weight is 374 g/mol. The van der Waals surface area contributed by atoms with Gasteiger partial charge in [0.2, 0.25) is 0 Å². The predicted octanol–water partition coefficient (Wildman–Crippen LogP) is 3.36. The zero-order valence-corrected chi connectivity index (χ0v) is 15.3. The Labute approximate surface area is 157 Å². The summed E-state index contributed by atoms with van der Waals surface area (Å²) in [6.07, 6.45) is 0.316. The number of fused-ring (bicyclic) bond motifs is 1. The van der Waals surface area contributed by atoms with Crippen LogP contribution >= 0.6 is 11.6 Å². The van der Waals surface area contributed by atoms with Crippen molar-refractivity contribution in [1.29, 1.82) is 0 Å². The molecule has 6 nitrogen and oxygen atoms in total. The van der Waals surface area contributed by atoms with Crippen LogP contribution in [0.5, 0.6) is 5.75 Å². The maximum atomic E-state index is 12.7. The minimum Gasteiger partial charge on any atom is -0.483 e. The molecule has 1 aliphatic rings. The van der Waals surface area contributed by atoms with Gasteiger partial charge in [-0.05, 0) is 49.2 Å². The first kappa shape index (κ1) is 18.1. The summed E-state index contributed by atoms with van der Waals surface area (Å²) in [6.45, 7) is 3.58. The lowest BCUT2D eigenvalue weighted by molar-refractivity contribution is -0.127. The number of hydrogen-bond donors (Lipinski definition) is 2. The van der Waals surface area contributed by atoms with Crippen molar-refractivity contribution in [2.75, 3.05) is 11.9 Å². The van der Waals surface area contributed by atoms with E-state index in [1.165, 1.54) is 5.01 Å². The van der Waals surface area contributed by atoms with E-state index in [1.54, 1.807) is 30.3 Å². The van der Waals surface area contributed by atoms with Gasteiger partial charge in [0.1, 0.15) is 11.9 Å². The number of para-hydroxylation sites is 1. The molecule has 0 fully saturated rings. The number of benzene rings is 2. The summed E-state index contributed by atoms with van der Waals surface area (Å²) in [6, 6.07) is 12.4. The van der Waals surface area contributed by atoms with Gasteiger partial charge in [-0.1, -0.05) is 30.7 Å². The third-order valence-corrected chi connectivity index (χ3v) is 4.37. The fourth-order valence-electron chi connectivity index (χ4n) is 2.81. The fourth-order valence-corrected chi connectivity index (χ4v) is 3.04. The summed E-state index contributed by atoms with van der Waals surface area (Å²) >= 11 is 5.91. The molecule has 2 amide bonds. The van der Waals surface area contributed by atoms with Crippen LogP contribution in [0.1, 0.15) is 29.3 Å². The van der Waals surface area contributed by atoms with E-state index in [9.17, 15) is 9.59 Å². The molecule has 1 atom stereocenters. The largest absolute Gasteiger partial charge is 0.483 e. The van der Waals surface area contributed by atoms with Crippen LogP contribution in [-0.2, 0) is 4.79 Å². The molecule has 1 aliphatic heterocycles. The van der Waals surface area contributed by atoms with Crippen LogP contribution in [0, 0.1) is 6.92 Å². The summed E-state index contributed by atoms with van der Waals surface area (Å²) in [5, 5.41) is 5.18. The van der Waals surface area contributed by atoms with Gasteiger partial charge in [-0.3, -0.25) is 15.0 Å².